The highest BCUT2D eigenvalue weighted by atomic mass is 16.5. The molecule has 0 heterocycles. The van der Waals surface area contributed by atoms with E-state index in [9.17, 15) is 5.11 Å². The largest absolute Gasteiger partial charge is 0.504 e. The minimum atomic E-state index is -0.338. The highest BCUT2D eigenvalue weighted by Gasteiger charge is 2.08. The summed E-state index contributed by atoms with van der Waals surface area (Å²) < 4.78 is 4.93. The zero-order valence-electron chi connectivity index (χ0n) is 7.90. The monoisotopic (exact) mass is 192 g/mol. The molecule has 0 saturated carbocycles. The van der Waals surface area contributed by atoms with Gasteiger partial charge in [-0.15, -0.1) is 0 Å². The molecule has 4 heteroatoms. The second-order valence-electron chi connectivity index (χ2n) is 2.90. The minimum absolute atomic E-state index is 0.0698. The Morgan fingerprint density at radius 2 is 2.36 bits per heavy atom. The third kappa shape index (κ3) is 2.15. The van der Waals surface area contributed by atoms with Crippen molar-refractivity contribution in [2.75, 3.05) is 7.11 Å². The Balaban J connectivity index is 2.95. The zero-order chi connectivity index (χ0) is 10.6. The van der Waals surface area contributed by atoms with Crippen LogP contribution in [0.5, 0.6) is 11.5 Å². The van der Waals surface area contributed by atoms with Gasteiger partial charge in [-0.3, -0.25) is 0 Å². The summed E-state index contributed by atoms with van der Waals surface area (Å²) in [6.45, 7) is 0. The van der Waals surface area contributed by atoms with Gasteiger partial charge in [-0.25, -0.2) is 0 Å². The summed E-state index contributed by atoms with van der Waals surface area (Å²) in [6, 6.07) is 6.47. The number of rotatable bonds is 3. The van der Waals surface area contributed by atoms with E-state index in [1.807, 2.05) is 6.07 Å². The summed E-state index contributed by atoms with van der Waals surface area (Å²) in [5.41, 5.74) is 6.50. The number of hydrogen-bond donors (Lipinski definition) is 2. The van der Waals surface area contributed by atoms with Gasteiger partial charge in [0.2, 0.25) is 0 Å². The Kier molecular flexibility index (Phi) is 3.32. The fraction of sp³-hybridized carbons (Fsp3) is 0.300. The van der Waals surface area contributed by atoms with Gasteiger partial charge < -0.3 is 15.6 Å². The van der Waals surface area contributed by atoms with E-state index in [1.165, 1.54) is 13.2 Å². The second-order valence-corrected chi connectivity index (χ2v) is 2.90. The zero-order valence-corrected chi connectivity index (χ0v) is 7.90. The minimum Gasteiger partial charge on any atom is -0.504 e. The van der Waals surface area contributed by atoms with Gasteiger partial charge in [-0.05, 0) is 17.7 Å². The number of aromatic hydroxyl groups is 1. The molecule has 1 unspecified atom stereocenters. The molecular formula is C10H12N2O2. The van der Waals surface area contributed by atoms with Crippen LogP contribution in [-0.2, 0) is 0 Å². The SMILES string of the molecule is COc1cc(C(N)CC#N)ccc1O. The second kappa shape index (κ2) is 4.49. The van der Waals surface area contributed by atoms with Gasteiger partial charge in [-0.1, -0.05) is 6.07 Å². The smallest absolute Gasteiger partial charge is 0.160 e. The maximum atomic E-state index is 9.32. The lowest BCUT2D eigenvalue weighted by Gasteiger charge is -2.10. The van der Waals surface area contributed by atoms with Crippen LogP contribution in [-0.4, -0.2) is 12.2 Å². The topological polar surface area (TPSA) is 79.3 Å². The van der Waals surface area contributed by atoms with Crippen molar-refractivity contribution in [1.29, 1.82) is 5.26 Å². The van der Waals surface area contributed by atoms with Crippen molar-refractivity contribution in [2.24, 2.45) is 5.73 Å². The first kappa shape index (κ1) is 10.4. The Hall–Kier alpha value is -1.73. The predicted octanol–water partition coefficient (Wildman–Crippen LogP) is 1.31. The Morgan fingerprint density at radius 3 is 2.93 bits per heavy atom. The van der Waals surface area contributed by atoms with E-state index in [0.717, 1.165) is 5.56 Å². The summed E-state index contributed by atoms with van der Waals surface area (Å²) >= 11 is 0. The van der Waals surface area contributed by atoms with Crippen molar-refractivity contribution in [2.45, 2.75) is 12.5 Å². The fourth-order valence-corrected chi connectivity index (χ4v) is 1.14. The van der Waals surface area contributed by atoms with E-state index in [2.05, 4.69) is 0 Å². The van der Waals surface area contributed by atoms with Crippen LogP contribution in [0.3, 0.4) is 0 Å². The van der Waals surface area contributed by atoms with Gasteiger partial charge >= 0.3 is 0 Å². The van der Waals surface area contributed by atoms with Gasteiger partial charge in [0.25, 0.3) is 0 Å². The number of nitrogens with two attached hydrogens (primary N) is 1. The highest BCUT2D eigenvalue weighted by molar-refractivity contribution is 5.42. The van der Waals surface area contributed by atoms with Crippen LogP contribution in [0.2, 0.25) is 0 Å². The molecule has 0 radical (unpaired) electrons. The van der Waals surface area contributed by atoms with Crippen molar-refractivity contribution in [3.63, 3.8) is 0 Å². The van der Waals surface area contributed by atoms with Gasteiger partial charge in [0.05, 0.1) is 19.6 Å². The van der Waals surface area contributed by atoms with Crippen molar-refractivity contribution in [1.82, 2.24) is 0 Å². The summed E-state index contributed by atoms with van der Waals surface area (Å²) in [5.74, 6) is 0.441. The molecule has 4 nitrogen and oxygen atoms in total. The maximum Gasteiger partial charge on any atom is 0.160 e. The van der Waals surface area contributed by atoms with Gasteiger partial charge in [0.1, 0.15) is 0 Å². The van der Waals surface area contributed by atoms with Crippen LogP contribution in [0, 0.1) is 11.3 Å². The van der Waals surface area contributed by atoms with E-state index < -0.39 is 0 Å². The third-order valence-corrected chi connectivity index (χ3v) is 1.94. The normalized spacial score (nSPS) is 11.8. The van der Waals surface area contributed by atoms with Crippen LogP contribution in [0.15, 0.2) is 18.2 Å². The first-order valence-corrected chi connectivity index (χ1v) is 4.18. The number of hydrogen-bond acceptors (Lipinski definition) is 4. The number of ether oxygens (including phenoxy) is 1. The molecule has 0 saturated heterocycles. The Labute approximate surface area is 82.5 Å². The van der Waals surface area contributed by atoms with Crippen molar-refractivity contribution >= 4 is 0 Å². The molecule has 0 bridgehead atoms. The number of phenols is 1. The lowest BCUT2D eigenvalue weighted by Crippen LogP contribution is -2.09. The molecule has 0 spiro atoms. The maximum absolute atomic E-state index is 9.32. The first-order valence-electron chi connectivity index (χ1n) is 4.18. The molecule has 0 fully saturated rings. The summed E-state index contributed by atoms with van der Waals surface area (Å²) in [4.78, 5) is 0. The van der Waals surface area contributed by atoms with Gasteiger partial charge in [0.15, 0.2) is 11.5 Å². The number of benzene rings is 1. The van der Waals surface area contributed by atoms with E-state index >= 15 is 0 Å². The van der Waals surface area contributed by atoms with Crippen molar-refractivity contribution < 1.29 is 9.84 Å². The standard InChI is InChI=1S/C10H12N2O2/c1-14-10-6-7(2-3-9(10)13)8(12)4-5-11/h2-3,6,8,13H,4,12H2,1H3. The quantitative estimate of drug-likeness (QED) is 0.756. The number of methoxy groups -OCH3 is 1. The van der Waals surface area contributed by atoms with Crippen molar-refractivity contribution in [3.8, 4) is 17.6 Å². The molecule has 0 aromatic heterocycles. The van der Waals surface area contributed by atoms with E-state index in [1.54, 1.807) is 12.1 Å². The van der Waals surface area contributed by atoms with E-state index in [-0.39, 0.29) is 18.2 Å². The summed E-state index contributed by atoms with van der Waals surface area (Å²) in [6.07, 6.45) is 0.244. The number of nitrogens with zero attached hydrogens (tertiary/aromatic N) is 1. The molecule has 1 rings (SSSR count). The van der Waals surface area contributed by atoms with Crippen LogP contribution in [0.25, 0.3) is 0 Å². The van der Waals surface area contributed by atoms with Gasteiger partial charge in [0, 0.05) is 6.04 Å². The van der Waals surface area contributed by atoms with Crippen LogP contribution >= 0.6 is 0 Å². The molecule has 14 heavy (non-hydrogen) atoms. The van der Waals surface area contributed by atoms with E-state index in [4.69, 9.17) is 15.7 Å². The Bertz CT molecular complexity index is 358. The molecule has 1 atom stereocenters. The molecule has 0 aliphatic carbocycles. The molecule has 0 aliphatic rings. The molecule has 0 aliphatic heterocycles. The van der Waals surface area contributed by atoms with E-state index in [0.29, 0.717) is 5.75 Å². The number of phenolic OH excluding ortho intramolecular Hbond substituents is 1. The number of nitriles is 1. The summed E-state index contributed by atoms with van der Waals surface area (Å²) in [7, 11) is 1.47. The molecule has 74 valence electrons. The fourth-order valence-electron chi connectivity index (χ4n) is 1.14. The predicted molar refractivity (Wildman–Crippen MR) is 51.8 cm³/mol. The van der Waals surface area contributed by atoms with Crippen LogP contribution in [0.1, 0.15) is 18.0 Å². The molecule has 3 N–H and O–H groups in total. The van der Waals surface area contributed by atoms with Gasteiger partial charge in [-0.2, -0.15) is 5.26 Å². The molecule has 0 amide bonds. The lowest BCUT2D eigenvalue weighted by atomic mass is 10.0. The lowest BCUT2D eigenvalue weighted by molar-refractivity contribution is 0.372. The average Bonchev–Trinajstić information content (AvgIpc) is 2.19. The van der Waals surface area contributed by atoms with Crippen molar-refractivity contribution in [3.05, 3.63) is 23.8 Å². The Morgan fingerprint density at radius 1 is 1.64 bits per heavy atom. The first-order chi connectivity index (χ1) is 6.69. The molecule has 1 aromatic rings. The van der Waals surface area contributed by atoms with Crippen LogP contribution < -0.4 is 10.5 Å². The third-order valence-electron chi connectivity index (χ3n) is 1.94. The highest BCUT2D eigenvalue weighted by Crippen LogP contribution is 2.28. The molecular weight excluding hydrogens is 180 g/mol. The average molecular weight is 192 g/mol. The molecule has 1 aromatic carbocycles. The van der Waals surface area contributed by atoms with Crippen LogP contribution in [0.4, 0.5) is 0 Å². The summed E-state index contributed by atoms with van der Waals surface area (Å²) in [5, 5.41) is 17.8.